The van der Waals surface area contributed by atoms with Crippen LogP contribution in [-0.4, -0.2) is 29.2 Å². The third kappa shape index (κ3) is 3.97. The quantitative estimate of drug-likeness (QED) is 0.763. The molecule has 0 spiro atoms. The predicted molar refractivity (Wildman–Crippen MR) is 80.1 cm³/mol. The largest absolute Gasteiger partial charge is 0.301 e. The number of thiol groups is 1. The molecule has 0 aliphatic rings. The maximum atomic E-state index is 4.53. The standard InChI is InChI=1S/C13H24N2S2/c1-5-13(6-2,9-16)8-15(4)7-12-11(3)14-10-17-12/h10,16H,5-9H2,1-4H3. The maximum absolute atomic E-state index is 4.53. The van der Waals surface area contributed by atoms with Gasteiger partial charge in [-0.2, -0.15) is 12.6 Å². The van der Waals surface area contributed by atoms with Crippen LogP contribution in [0.4, 0.5) is 0 Å². The number of hydrogen-bond acceptors (Lipinski definition) is 4. The van der Waals surface area contributed by atoms with E-state index in [2.05, 4.69) is 50.3 Å². The molecule has 0 amide bonds. The SMILES string of the molecule is CCC(CC)(CS)CN(C)Cc1scnc1C. The lowest BCUT2D eigenvalue weighted by Crippen LogP contribution is -2.36. The third-order valence-corrected chi connectivity index (χ3v) is 5.29. The lowest BCUT2D eigenvalue weighted by atomic mass is 9.84. The maximum Gasteiger partial charge on any atom is 0.0798 e. The lowest BCUT2D eigenvalue weighted by Gasteiger charge is -2.34. The van der Waals surface area contributed by atoms with E-state index >= 15 is 0 Å². The first-order valence-corrected chi connectivity index (χ1v) is 7.76. The van der Waals surface area contributed by atoms with Crippen molar-refractivity contribution in [3.05, 3.63) is 16.1 Å². The molecule has 0 atom stereocenters. The summed E-state index contributed by atoms with van der Waals surface area (Å²) in [6, 6.07) is 0. The first-order valence-electron chi connectivity index (χ1n) is 6.25. The van der Waals surface area contributed by atoms with Gasteiger partial charge < -0.3 is 4.90 Å². The molecule has 0 unspecified atom stereocenters. The monoisotopic (exact) mass is 272 g/mol. The lowest BCUT2D eigenvalue weighted by molar-refractivity contribution is 0.180. The average Bonchev–Trinajstić information content (AvgIpc) is 2.72. The highest BCUT2D eigenvalue weighted by molar-refractivity contribution is 7.80. The van der Waals surface area contributed by atoms with Gasteiger partial charge in [-0.15, -0.1) is 11.3 Å². The van der Waals surface area contributed by atoms with E-state index in [1.54, 1.807) is 11.3 Å². The van der Waals surface area contributed by atoms with Gasteiger partial charge >= 0.3 is 0 Å². The van der Waals surface area contributed by atoms with Gasteiger partial charge in [0, 0.05) is 18.0 Å². The number of hydrogen-bond donors (Lipinski definition) is 1. The molecule has 1 heterocycles. The minimum absolute atomic E-state index is 0.358. The van der Waals surface area contributed by atoms with Crippen molar-refractivity contribution in [3.8, 4) is 0 Å². The van der Waals surface area contributed by atoms with Crippen molar-refractivity contribution in [3.63, 3.8) is 0 Å². The van der Waals surface area contributed by atoms with Gasteiger partial charge in [0.1, 0.15) is 0 Å². The van der Waals surface area contributed by atoms with E-state index in [4.69, 9.17) is 0 Å². The van der Waals surface area contributed by atoms with Crippen LogP contribution in [0.1, 0.15) is 37.3 Å². The van der Waals surface area contributed by atoms with Crippen molar-refractivity contribution in [2.45, 2.75) is 40.2 Å². The van der Waals surface area contributed by atoms with Crippen molar-refractivity contribution >= 4 is 24.0 Å². The molecule has 0 saturated heterocycles. The van der Waals surface area contributed by atoms with E-state index in [0.717, 1.165) is 18.8 Å². The van der Waals surface area contributed by atoms with E-state index in [1.165, 1.54) is 23.4 Å². The molecule has 1 aromatic rings. The topological polar surface area (TPSA) is 16.1 Å². The van der Waals surface area contributed by atoms with E-state index < -0.39 is 0 Å². The molecule has 0 saturated carbocycles. The Balaban J connectivity index is 2.59. The molecule has 0 bridgehead atoms. The zero-order valence-electron chi connectivity index (χ0n) is 11.4. The second-order valence-electron chi connectivity index (χ2n) is 4.90. The van der Waals surface area contributed by atoms with Crippen molar-refractivity contribution < 1.29 is 0 Å². The summed E-state index contributed by atoms with van der Waals surface area (Å²) in [7, 11) is 2.20. The van der Waals surface area contributed by atoms with E-state index in [-0.39, 0.29) is 0 Å². The second kappa shape index (κ2) is 6.76. The molecule has 0 aromatic carbocycles. The summed E-state index contributed by atoms with van der Waals surface area (Å²) in [5.41, 5.74) is 3.46. The number of rotatable bonds is 7. The first kappa shape index (κ1) is 15.0. The van der Waals surface area contributed by atoms with Gasteiger partial charge in [-0.1, -0.05) is 13.8 Å². The molecule has 0 radical (unpaired) electrons. The summed E-state index contributed by atoms with van der Waals surface area (Å²) in [4.78, 5) is 8.09. The van der Waals surface area contributed by atoms with Crippen molar-refractivity contribution in [1.29, 1.82) is 0 Å². The molecular weight excluding hydrogens is 248 g/mol. The molecule has 0 aliphatic carbocycles. The van der Waals surface area contributed by atoms with Crippen LogP contribution in [-0.2, 0) is 6.54 Å². The highest BCUT2D eigenvalue weighted by Gasteiger charge is 2.26. The van der Waals surface area contributed by atoms with Gasteiger partial charge in [-0.05, 0) is 38.0 Å². The minimum Gasteiger partial charge on any atom is -0.301 e. The molecule has 17 heavy (non-hydrogen) atoms. The Kier molecular flexibility index (Phi) is 5.97. The molecule has 4 heteroatoms. The third-order valence-electron chi connectivity index (χ3n) is 3.70. The normalized spacial score (nSPS) is 12.4. The van der Waals surface area contributed by atoms with Gasteiger partial charge in [0.2, 0.25) is 0 Å². The van der Waals surface area contributed by atoms with Crippen LogP contribution >= 0.6 is 24.0 Å². The van der Waals surface area contributed by atoms with Crippen LogP contribution in [0.5, 0.6) is 0 Å². The minimum atomic E-state index is 0.358. The molecule has 2 nitrogen and oxygen atoms in total. The number of thiazole rings is 1. The summed E-state index contributed by atoms with van der Waals surface area (Å²) >= 11 is 6.29. The summed E-state index contributed by atoms with van der Waals surface area (Å²) in [5, 5.41) is 0. The summed E-state index contributed by atoms with van der Waals surface area (Å²) in [6.45, 7) is 8.75. The molecule has 0 N–H and O–H groups in total. The Morgan fingerprint density at radius 2 is 2.06 bits per heavy atom. The Hall–Kier alpha value is -0.0600. The fourth-order valence-corrected chi connectivity index (χ4v) is 3.50. The van der Waals surface area contributed by atoms with Gasteiger partial charge in [0.05, 0.1) is 11.2 Å². The summed E-state index contributed by atoms with van der Waals surface area (Å²) in [6.07, 6.45) is 2.39. The van der Waals surface area contributed by atoms with Crippen molar-refractivity contribution in [2.75, 3.05) is 19.3 Å². The van der Waals surface area contributed by atoms with E-state index in [9.17, 15) is 0 Å². The number of nitrogens with zero attached hydrogens (tertiary/aromatic N) is 2. The first-order chi connectivity index (χ1) is 8.06. The highest BCUT2D eigenvalue weighted by Crippen LogP contribution is 2.29. The van der Waals surface area contributed by atoms with Crippen LogP contribution in [0, 0.1) is 12.3 Å². The van der Waals surface area contributed by atoms with Crippen molar-refractivity contribution in [2.24, 2.45) is 5.41 Å². The van der Waals surface area contributed by atoms with Gasteiger partial charge in [0.15, 0.2) is 0 Å². The molecule has 0 fully saturated rings. The fourth-order valence-electron chi connectivity index (χ4n) is 2.10. The zero-order chi connectivity index (χ0) is 12.9. The molecular formula is C13H24N2S2. The zero-order valence-corrected chi connectivity index (χ0v) is 13.1. The number of aromatic nitrogens is 1. The molecule has 98 valence electrons. The molecule has 1 rings (SSSR count). The van der Waals surface area contributed by atoms with E-state index in [1.807, 2.05) is 5.51 Å². The van der Waals surface area contributed by atoms with Gasteiger partial charge in [-0.25, -0.2) is 4.98 Å². The second-order valence-corrected chi connectivity index (χ2v) is 6.15. The van der Waals surface area contributed by atoms with Crippen molar-refractivity contribution in [1.82, 2.24) is 9.88 Å². The van der Waals surface area contributed by atoms with Crippen LogP contribution in [0.15, 0.2) is 5.51 Å². The Morgan fingerprint density at radius 1 is 1.41 bits per heavy atom. The average molecular weight is 272 g/mol. The predicted octanol–water partition coefficient (Wildman–Crippen LogP) is 3.62. The van der Waals surface area contributed by atoms with Gasteiger partial charge in [0.25, 0.3) is 0 Å². The van der Waals surface area contributed by atoms with E-state index in [0.29, 0.717) is 5.41 Å². The fraction of sp³-hybridized carbons (Fsp3) is 0.769. The van der Waals surface area contributed by atoms with Crippen LogP contribution in [0.3, 0.4) is 0 Å². The van der Waals surface area contributed by atoms with Crippen LogP contribution < -0.4 is 0 Å². The van der Waals surface area contributed by atoms with Crippen LogP contribution in [0.2, 0.25) is 0 Å². The highest BCUT2D eigenvalue weighted by atomic mass is 32.1. The van der Waals surface area contributed by atoms with Crippen LogP contribution in [0.25, 0.3) is 0 Å². The molecule has 0 aliphatic heterocycles. The van der Waals surface area contributed by atoms with Gasteiger partial charge in [-0.3, -0.25) is 0 Å². The smallest absolute Gasteiger partial charge is 0.0798 e. The Morgan fingerprint density at radius 3 is 2.47 bits per heavy atom. The number of aryl methyl sites for hydroxylation is 1. The summed E-state index contributed by atoms with van der Waals surface area (Å²) in [5.74, 6) is 0.964. The Bertz CT molecular complexity index is 324. The summed E-state index contributed by atoms with van der Waals surface area (Å²) < 4.78 is 0. The Labute approximate surface area is 115 Å². The molecule has 1 aromatic heterocycles.